The van der Waals surface area contributed by atoms with Crippen LogP contribution in [0.2, 0.25) is 0 Å². The minimum atomic E-state index is -0.865. The van der Waals surface area contributed by atoms with Crippen LogP contribution in [-0.2, 0) is 16.0 Å². The van der Waals surface area contributed by atoms with E-state index in [0.29, 0.717) is 12.0 Å². The molecule has 0 aromatic heterocycles. The zero-order valence-corrected chi connectivity index (χ0v) is 17.8. The molecule has 4 N–H and O–H groups in total. The zero-order valence-electron chi connectivity index (χ0n) is 17.8. The molecular formula is C24H28N4O3. The van der Waals surface area contributed by atoms with Gasteiger partial charge in [-0.2, -0.15) is 0 Å². The molecule has 0 bridgehead atoms. The summed E-state index contributed by atoms with van der Waals surface area (Å²) in [6.07, 6.45) is 0.482. The van der Waals surface area contributed by atoms with E-state index in [1.165, 1.54) is 0 Å². The highest BCUT2D eigenvalue weighted by Crippen LogP contribution is 2.36. The Kier molecular flexibility index (Phi) is 5.54. The van der Waals surface area contributed by atoms with Crippen LogP contribution < -0.4 is 16.4 Å². The number of nitrogens with zero attached hydrogens (tertiary/aromatic N) is 1. The highest BCUT2D eigenvalue weighted by atomic mass is 16.2. The molecule has 2 aromatic rings. The average molecular weight is 421 g/mol. The van der Waals surface area contributed by atoms with Gasteiger partial charge in [-0.1, -0.05) is 48.5 Å². The number of carbonyl (C=O) groups is 3. The molecule has 0 aliphatic carbocycles. The predicted molar refractivity (Wildman–Crippen MR) is 117 cm³/mol. The molecule has 2 aliphatic heterocycles. The molecule has 0 unspecified atom stereocenters. The number of carbonyl (C=O) groups excluding carboxylic acids is 3. The van der Waals surface area contributed by atoms with Crippen molar-refractivity contribution in [2.45, 2.75) is 37.9 Å². The number of nitrogens with one attached hydrogen (secondary N) is 2. The number of rotatable bonds is 4. The van der Waals surface area contributed by atoms with E-state index in [1.54, 1.807) is 11.0 Å². The largest absolute Gasteiger partial charge is 0.354 e. The summed E-state index contributed by atoms with van der Waals surface area (Å²) in [5, 5.41) is 6.04. The lowest BCUT2D eigenvalue weighted by molar-refractivity contribution is -0.132. The second-order valence-electron chi connectivity index (χ2n) is 8.77. The van der Waals surface area contributed by atoms with E-state index >= 15 is 0 Å². The van der Waals surface area contributed by atoms with Crippen LogP contribution >= 0.6 is 0 Å². The molecule has 7 heteroatoms. The average Bonchev–Trinajstić information content (AvgIpc) is 3.11. The predicted octanol–water partition coefficient (Wildman–Crippen LogP) is 1.39. The fourth-order valence-corrected chi connectivity index (χ4v) is 4.68. The van der Waals surface area contributed by atoms with Crippen LogP contribution in [0.15, 0.2) is 54.6 Å². The van der Waals surface area contributed by atoms with Gasteiger partial charge in [-0.15, -0.1) is 0 Å². The molecule has 2 aromatic carbocycles. The van der Waals surface area contributed by atoms with Crippen molar-refractivity contribution < 1.29 is 14.4 Å². The van der Waals surface area contributed by atoms with Crippen molar-refractivity contribution in [3.05, 3.63) is 71.3 Å². The van der Waals surface area contributed by atoms with Gasteiger partial charge in [0.1, 0.15) is 6.04 Å². The Bertz CT molecular complexity index is 1010. The first kappa shape index (κ1) is 21.1. The van der Waals surface area contributed by atoms with Crippen LogP contribution in [0.4, 0.5) is 0 Å². The molecule has 162 valence electrons. The van der Waals surface area contributed by atoms with E-state index in [1.807, 2.05) is 62.4 Å². The minimum absolute atomic E-state index is 0.0487. The lowest BCUT2D eigenvalue weighted by Crippen LogP contribution is -2.62. The van der Waals surface area contributed by atoms with E-state index < -0.39 is 17.5 Å². The standard InChI is InChI=1S/C24H28N4O3/c1-15(2)26-22(30)19-13-28(23(31)20(25)16-8-4-3-5-9-16)14-24(19)12-17-10-6-7-11-18(17)21(29)27-24/h3-11,15,19-20H,12-14,25H2,1-2H3,(H,26,30)(H,27,29)/t19-,20+,24+/m0/s1. The summed E-state index contributed by atoms with van der Waals surface area (Å²) in [6, 6.07) is 15.7. The van der Waals surface area contributed by atoms with Crippen molar-refractivity contribution in [2.24, 2.45) is 11.7 Å². The highest BCUT2D eigenvalue weighted by Gasteiger charge is 2.54. The van der Waals surface area contributed by atoms with Gasteiger partial charge in [0.05, 0.1) is 11.5 Å². The van der Waals surface area contributed by atoms with E-state index in [-0.39, 0.29) is 36.9 Å². The molecule has 1 spiro atoms. The monoisotopic (exact) mass is 420 g/mol. The molecular weight excluding hydrogens is 392 g/mol. The van der Waals surface area contributed by atoms with Gasteiger partial charge in [0, 0.05) is 24.7 Å². The normalized spacial score (nSPS) is 23.4. The zero-order chi connectivity index (χ0) is 22.2. The van der Waals surface area contributed by atoms with Crippen molar-refractivity contribution in [3.8, 4) is 0 Å². The summed E-state index contributed by atoms with van der Waals surface area (Å²) in [7, 11) is 0. The molecule has 31 heavy (non-hydrogen) atoms. The summed E-state index contributed by atoms with van der Waals surface area (Å²) in [5.74, 6) is -1.21. The lowest BCUT2D eigenvalue weighted by atomic mass is 9.77. The quantitative estimate of drug-likeness (QED) is 0.695. The van der Waals surface area contributed by atoms with Gasteiger partial charge >= 0.3 is 0 Å². The molecule has 0 saturated carbocycles. The van der Waals surface area contributed by atoms with Crippen LogP contribution in [0.5, 0.6) is 0 Å². The summed E-state index contributed by atoms with van der Waals surface area (Å²) in [5.41, 5.74) is 7.61. The Morgan fingerprint density at radius 3 is 2.52 bits per heavy atom. The van der Waals surface area contributed by atoms with Crippen molar-refractivity contribution in [1.29, 1.82) is 0 Å². The fraction of sp³-hybridized carbons (Fsp3) is 0.375. The van der Waals surface area contributed by atoms with Crippen LogP contribution in [0.3, 0.4) is 0 Å². The van der Waals surface area contributed by atoms with Gasteiger partial charge in [0.2, 0.25) is 11.8 Å². The topological polar surface area (TPSA) is 105 Å². The molecule has 0 radical (unpaired) electrons. The fourth-order valence-electron chi connectivity index (χ4n) is 4.68. The third kappa shape index (κ3) is 3.93. The summed E-state index contributed by atoms with van der Waals surface area (Å²) in [4.78, 5) is 40.9. The Morgan fingerprint density at radius 1 is 1.13 bits per heavy atom. The van der Waals surface area contributed by atoms with Gasteiger partial charge in [0.25, 0.3) is 5.91 Å². The van der Waals surface area contributed by atoms with E-state index in [9.17, 15) is 14.4 Å². The van der Waals surface area contributed by atoms with E-state index in [0.717, 1.165) is 11.1 Å². The third-order valence-corrected chi connectivity index (χ3v) is 6.16. The number of likely N-dealkylation sites (tertiary alicyclic amines) is 1. The molecule has 1 saturated heterocycles. The summed E-state index contributed by atoms with van der Waals surface area (Å²) in [6.45, 7) is 4.23. The number of benzene rings is 2. The van der Waals surface area contributed by atoms with Crippen molar-refractivity contribution in [3.63, 3.8) is 0 Å². The summed E-state index contributed by atoms with van der Waals surface area (Å²) < 4.78 is 0. The lowest BCUT2D eigenvalue weighted by Gasteiger charge is -2.39. The number of hydrogen-bond donors (Lipinski definition) is 3. The second kappa shape index (κ2) is 8.15. The van der Waals surface area contributed by atoms with Gasteiger partial charge < -0.3 is 21.3 Å². The molecule has 3 atom stereocenters. The highest BCUT2D eigenvalue weighted by molar-refractivity contribution is 5.99. The maximum atomic E-state index is 13.2. The molecule has 3 amide bonds. The SMILES string of the molecule is CC(C)NC(=O)[C@@H]1CN(C(=O)[C@H](N)c2ccccc2)C[C@]12Cc1ccccc1C(=O)N2. The molecule has 1 fully saturated rings. The van der Waals surface area contributed by atoms with E-state index in [2.05, 4.69) is 10.6 Å². The minimum Gasteiger partial charge on any atom is -0.354 e. The molecule has 4 rings (SSSR count). The van der Waals surface area contributed by atoms with Crippen molar-refractivity contribution in [2.75, 3.05) is 13.1 Å². The van der Waals surface area contributed by atoms with Crippen LogP contribution in [0, 0.1) is 5.92 Å². The van der Waals surface area contributed by atoms with Crippen LogP contribution in [0.1, 0.15) is 41.4 Å². The first-order valence-corrected chi connectivity index (χ1v) is 10.6. The smallest absolute Gasteiger partial charge is 0.252 e. The van der Waals surface area contributed by atoms with Crippen molar-refractivity contribution >= 4 is 17.7 Å². The van der Waals surface area contributed by atoms with Crippen molar-refractivity contribution in [1.82, 2.24) is 15.5 Å². The molecule has 7 nitrogen and oxygen atoms in total. The molecule has 2 aliphatic rings. The maximum Gasteiger partial charge on any atom is 0.252 e. The first-order chi connectivity index (χ1) is 14.8. The number of amides is 3. The van der Waals surface area contributed by atoms with Gasteiger partial charge in [0.15, 0.2) is 0 Å². The summed E-state index contributed by atoms with van der Waals surface area (Å²) >= 11 is 0. The third-order valence-electron chi connectivity index (χ3n) is 6.16. The number of nitrogens with two attached hydrogens (primary N) is 1. The van der Waals surface area contributed by atoms with Gasteiger partial charge in [-0.05, 0) is 37.5 Å². The Morgan fingerprint density at radius 2 is 1.81 bits per heavy atom. The second-order valence-corrected chi connectivity index (χ2v) is 8.77. The van der Waals surface area contributed by atoms with Gasteiger partial charge in [-0.3, -0.25) is 14.4 Å². The maximum absolute atomic E-state index is 13.2. The van der Waals surface area contributed by atoms with Gasteiger partial charge in [-0.25, -0.2) is 0 Å². The Labute approximate surface area is 182 Å². The van der Waals surface area contributed by atoms with Crippen LogP contribution in [0.25, 0.3) is 0 Å². The number of hydrogen-bond acceptors (Lipinski definition) is 4. The Balaban J connectivity index is 1.66. The number of fused-ring (bicyclic) bond motifs is 1. The Hall–Kier alpha value is -3.19. The van der Waals surface area contributed by atoms with Crippen LogP contribution in [-0.4, -0.2) is 47.3 Å². The molecule has 2 heterocycles. The van der Waals surface area contributed by atoms with E-state index in [4.69, 9.17) is 5.73 Å². The first-order valence-electron chi connectivity index (χ1n) is 10.6.